The van der Waals surface area contributed by atoms with Gasteiger partial charge >= 0.3 is 0 Å². The minimum absolute atomic E-state index is 0.126. The number of Topliss-reactive ketones (excluding diaryl/α,β-unsaturated/α-hetero) is 1. The number of carbonyl (C=O) groups excluding carboxylic acids is 1. The highest BCUT2D eigenvalue weighted by molar-refractivity contribution is 7.99. The summed E-state index contributed by atoms with van der Waals surface area (Å²) in [5, 5.41) is 11.1. The van der Waals surface area contributed by atoms with Crippen LogP contribution in [0.2, 0.25) is 10.0 Å². The molecule has 0 fully saturated rings. The number of carbonyl (C=O) groups is 1. The standard InChI is InChI=1S/C26H18Cl2N4O2S/c27-18-11-12-20(21(28)14-18)22(33)16-35-26-31-30-24(32(26)19-8-2-1-3-9-19)15-34-23-10-4-6-17-7-5-13-29-25(17)23/h1-14H,15-16H2. The van der Waals surface area contributed by atoms with E-state index in [2.05, 4.69) is 15.2 Å². The number of hydrogen-bond acceptors (Lipinski definition) is 6. The minimum atomic E-state index is -0.126. The summed E-state index contributed by atoms with van der Waals surface area (Å²) in [6.07, 6.45) is 1.74. The molecule has 35 heavy (non-hydrogen) atoms. The molecule has 0 aliphatic heterocycles. The molecule has 0 radical (unpaired) electrons. The largest absolute Gasteiger partial charge is 0.483 e. The highest BCUT2D eigenvalue weighted by Gasteiger charge is 2.18. The van der Waals surface area contributed by atoms with Crippen LogP contribution >= 0.6 is 35.0 Å². The van der Waals surface area contributed by atoms with Gasteiger partial charge in [0.05, 0.1) is 10.8 Å². The molecule has 5 rings (SSSR count). The molecule has 0 atom stereocenters. The Hall–Kier alpha value is -3.39. The van der Waals surface area contributed by atoms with E-state index in [1.165, 1.54) is 11.8 Å². The molecule has 5 aromatic rings. The van der Waals surface area contributed by atoms with Crippen molar-refractivity contribution >= 4 is 51.6 Å². The second-order valence-electron chi connectivity index (χ2n) is 7.53. The Morgan fingerprint density at radius 1 is 0.943 bits per heavy atom. The van der Waals surface area contributed by atoms with Crippen LogP contribution in [0.4, 0.5) is 0 Å². The fourth-order valence-electron chi connectivity index (χ4n) is 3.58. The maximum atomic E-state index is 12.8. The van der Waals surface area contributed by atoms with Gasteiger partial charge in [-0.05, 0) is 42.5 Å². The molecule has 174 valence electrons. The summed E-state index contributed by atoms with van der Waals surface area (Å²) in [6.45, 7) is 0.176. The molecule has 9 heteroatoms. The minimum Gasteiger partial charge on any atom is -0.483 e. The van der Waals surface area contributed by atoms with Gasteiger partial charge in [-0.2, -0.15) is 0 Å². The summed E-state index contributed by atoms with van der Waals surface area (Å²) in [7, 11) is 0. The van der Waals surface area contributed by atoms with E-state index in [4.69, 9.17) is 27.9 Å². The van der Waals surface area contributed by atoms with E-state index < -0.39 is 0 Å². The lowest BCUT2D eigenvalue weighted by Gasteiger charge is -2.12. The van der Waals surface area contributed by atoms with E-state index in [1.54, 1.807) is 24.4 Å². The number of nitrogens with zero attached hydrogens (tertiary/aromatic N) is 4. The van der Waals surface area contributed by atoms with Crippen molar-refractivity contribution in [1.29, 1.82) is 0 Å². The molecule has 0 saturated carbocycles. The van der Waals surface area contributed by atoms with Crippen LogP contribution in [0.3, 0.4) is 0 Å². The molecular formula is C26H18Cl2N4O2S. The molecule has 3 aromatic carbocycles. The second-order valence-corrected chi connectivity index (χ2v) is 9.31. The van der Waals surface area contributed by atoms with Gasteiger partial charge in [0.1, 0.15) is 17.9 Å². The molecular weight excluding hydrogens is 503 g/mol. The van der Waals surface area contributed by atoms with Crippen LogP contribution in [-0.4, -0.2) is 31.3 Å². The average Bonchev–Trinajstić information content (AvgIpc) is 3.29. The van der Waals surface area contributed by atoms with Gasteiger partial charge in [0.15, 0.2) is 16.8 Å². The van der Waals surface area contributed by atoms with Crippen molar-refractivity contribution in [1.82, 2.24) is 19.7 Å². The van der Waals surface area contributed by atoms with E-state index in [0.29, 0.717) is 32.3 Å². The first-order valence-electron chi connectivity index (χ1n) is 10.7. The Bertz CT molecular complexity index is 1500. The van der Waals surface area contributed by atoms with Gasteiger partial charge < -0.3 is 4.74 Å². The molecule has 0 N–H and O–H groups in total. The highest BCUT2D eigenvalue weighted by atomic mass is 35.5. The summed E-state index contributed by atoms with van der Waals surface area (Å²) in [5.74, 6) is 1.27. The first kappa shape index (κ1) is 23.4. The number of rotatable bonds is 8. The molecule has 0 saturated heterocycles. The SMILES string of the molecule is O=C(CSc1nnc(COc2cccc3cccnc23)n1-c1ccccc1)c1ccc(Cl)cc1Cl. The van der Waals surface area contributed by atoms with Gasteiger partial charge in [0, 0.05) is 27.9 Å². The monoisotopic (exact) mass is 520 g/mol. The fourth-order valence-corrected chi connectivity index (χ4v) is 4.95. The topological polar surface area (TPSA) is 69.9 Å². The number of benzene rings is 3. The first-order chi connectivity index (χ1) is 17.1. The molecule has 6 nitrogen and oxygen atoms in total. The number of fused-ring (bicyclic) bond motifs is 1. The van der Waals surface area contributed by atoms with Crippen LogP contribution in [0.25, 0.3) is 16.6 Å². The van der Waals surface area contributed by atoms with Gasteiger partial charge in [-0.1, -0.05) is 71.4 Å². The lowest BCUT2D eigenvalue weighted by molar-refractivity contribution is 0.102. The molecule has 0 aliphatic carbocycles. The van der Waals surface area contributed by atoms with Gasteiger partial charge in [0.25, 0.3) is 0 Å². The van der Waals surface area contributed by atoms with E-state index >= 15 is 0 Å². The second kappa shape index (κ2) is 10.5. The molecule has 0 aliphatic rings. The molecule has 2 heterocycles. The average molecular weight is 521 g/mol. The zero-order valence-corrected chi connectivity index (χ0v) is 20.6. The third-order valence-corrected chi connectivity index (χ3v) is 6.71. The fraction of sp³-hybridized carbons (Fsp3) is 0.0769. The van der Waals surface area contributed by atoms with Crippen molar-refractivity contribution in [2.75, 3.05) is 5.75 Å². The van der Waals surface area contributed by atoms with Gasteiger partial charge in [-0.25, -0.2) is 0 Å². The van der Waals surface area contributed by atoms with Crippen molar-refractivity contribution < 1.29 is 9.53 Å². The normalized spacial score (nSPS) is 11.0. The Labute approximate surface area is 215 Å². The summed E-state index contributed by atoms with van der Waals surface area (Å²) in [4.78, 5) is 17.2. The Morgan fingerprint density at radius 2 is 1.77 bits per heavy atom. The van der Waals surface area contributed by atoms with Crippen molar-refractivity contribution in [3.63, 3.8) is 0 Å². The Kier molecular flexibility index (Phi) is 6.99. The number of ketones is 1. The van der Waals surface area contributed by atoms with Crippen LogP contribution in [0.1, 0.15) is 16.2 Å². The molecule has 0 spiro atoms. The van der Waals surface area contributed by atoms with Crippen molar-refractivity contribution in [2.45, 2.75) is 11.8 Å². The maximum Gasteiger partial charge on any atom is 0.196 e. The van der Waals surface area contributed by atoms with Gasteiger partial charge in [-0.3, -0.25) is 14.3 Å². The summed E-state index contributed by atoms with van der Waals surface area (Å²) in [6, 6.07) is 24.2. The van der Waals surface area contributed by atoms with E-state index in [9.17, 15) is 4.79 Å². The van der Waals surface area contributed by atoms with Gasteiger partial charge in [0.2, 0.25) is 0 Å². The number of ether oxygens (including phenoxy) is 1. The molecule has 0 unspecified atom stereocenters. The van der Waals surface area contributed by atoms with E-state index in [-0.39, 0.29) is 18.1 Å². The van der Waals surface area contributed by atoms with Crippen LogP contribution < -0.4 is 4.74 Å². The molecule has 2 aromatic heterocycles. The number of halogens is 2. The van der Waals surface area contributed by atoms with Crippen molar-refractivity contribution in [2.24, 2.45) is 0 Å². The van der Waals surface area contributed by atoms with Crippen LogP contribution in [-0.2, 0) is 6.61 Å². The lowest BCUT2D eigenvalue weighted by Crippen LogP contribution is -2.08. The predicted octanol–water partition coefficient (Wildman–Crippen LogP) is 6.68. The predicted molar refractivity (Wildman–Crippen MR) is 139 cm³/mol. The van der Waals surface area contributed by atoms with Crippen LogP contribution in [0.15, 0.2) is 90.2 Å². The van der Waals surface area contributed by atoms with Crippen molar-refractivity contribution in [3.8, 4) is 11.4 Å². The summed E-state index contributed by atoms with van der Waals surface area (Å²) in [5.41, 5.74) is 2.06. The summed E-state index contributed by atoms with van der Waals surface area (Å²) >= 11 is 13.4. The Morgan fingerprint density at radius 3 is 2.60 bits per heavy atom. The zero-order chi connectivity index (χ0) is 24.2. The smallest absolute Gasteiger partial charge is 0.196 e. The zero-order valence-electron chi connectivity index (χ0n) is 18.3. The third-order valence-electron chi connectivity index (χ3n) is 5.23. The Balaban J connectivity index is 1.40. The van der Waals surface area contributed by atoms with Crippen LogP contribution in [0, 0.1) is 0 Å². The number of hydrogen-bond donors (Lipinski definition) is 0. The number of pyridine rings is 1. The van der Waals surface area contributed by atoms with Crippen molar-refractivity contribution in [3.05, 3.63) is 106 Å². The van der Waals surface area contributed by atoms with Crippen LogP contribution in [0.5, 0.6) is 5.75 Å². The first-order valence-corrected chi connectivity index (χ1v) is 12.4. The van der Waals surface area contributed by atoms with E-state index in [0.717, 1.165) is 16.6 Å². The third kappa shape index (κ3) is 5.17. The number of thioether (sulfide) groups is 1. The quantitative estimate of drug-likeness (QED) is 0.168. The summed E-state index contributed by atoms with van der Waals surface area (Å²) < 4.78 is 8.00. The molecule has 0 amide bonds. The maximum absolute atomic E-state index is 12.8. The van der Waals surface area contributed by atoms with Gasteiger partial charge in [-0.15, -0.1) is 10.2 Å². The number of para-hydroxylation sites is 2. The van der Waals surface area contributed by atoms with E-state index in [1.807, 2.05) is 65.2 Å². The molecule has 0 bridgehead atoms. The lowest BCUT2D eigenvalue weighted by atomic mass is 10.1. The highest BCUT2D eigenvalue weighted by Crippen LogP contribution is 2.28. The number of aromatic nitrogens is 4.